The Balaban J connectivity index is 1.57. The smallest absolute Gasteiger partial charge is 0.279 e. The summed E-state index contributed by atoms with van der Waals surface area (Å²) in [6.07, 6.45) is 3.84. The van der Waals surface area contributed by atoms with E-state index in [9.17, 15) is 9.59 Å². The van der Waals surface area contributed by atoms with Crippen molar-refractivity contribution in [2.45, 2.75) is 26.2 Å². The summed E-state index contributed by atoms with van der Waals surface area (Å²) in [5, 5.41) is 8.55. The highest BCUT2D eigenvalue weighted by atomic mass is 16.2. The quantitative estimate of drug-likeness (QED) is 0.685. The van der Waals surface area contributed by atoms with Crippen molar-refractivity contribution in [3.63, 3.8) is 0 Å². The number of amides is 1. The number of piperidine rings is 1. The second-order valence-electron chi connectivity index (χ2n) is 8.12. The number of carbonyl (C=O) groups is 1. The molecule has 1 unspecified atom stereocenters. The van der Waals surface area contributed by atoms with Crippen LogP contribution < -0.4 is 10.9 Å². The van der Waals surface area contributed by atoms with Crippen LogP contribution >= 0.6 is 0 Å². The molecule has 1 amide bonds. The maximum Gasteiger partial charge on any atom is 0.279 e. The van der Waals surface area contributed by atoms with Crippen molar-refractivity contribution >= 4 is 16.7 Å². The SMILES string of the molecule is CC(CNC(=O)c1nn(-c2ccccc2)c(=O)c2ccccc12)CN1CCCCC1. The van der Waals surface area contributed by atoms with Crippen LogP contribution in [0, 0.1) is 5.92 Å². The Morgan fingerprint density at radius 2 is 1.67 bits per heavy atom. The molecule has 1 fully saturated rings. The number of carbonyl (C=O) groups excluding carboxylic acids is 1. The number of likely N-dealkylation sites (tertiary alicyclic amines) is 1. The monoisotopic (exact) mass is 404 g/mol. The number of nitrogens with zero attached hydrogens (tertiary/aromatic N) is 3. The molecule has 0 spiro atoms. The van der Waals surface area contributed by atoms with Crippen LogP contribution in [0.1, 0.15) is 36.7 Å². The Morgan fingerprint density at radius 3 is 2.40 bits per heavy atom. The standard InChI is InChI=1S/C24H28N4O2/c1-18(17-27-14-8-3-9-15-27)16-25-23(29)22-20-12-6-7-13-21(20)24(30)28(26-22)19-10-4-2-5-11-19/h2,4-7,10-13,18H,3,8-9,14-17H2,1H3,(H,25,29). The fourth-order valence-corrected chi connectivity index (χ4v) is 4.10. The summed E-state index contributed by atoms with van der Waals surface area (Å²) in [6, 6.07) is 16.4. The molecule has 156 valence electrons. The summed E-state index contributed by atoms with van der Waals surface area (Å²) in [5.41, 5.74) is 0.687. The van der Waals surface area contributed by atoms with E-state index in [2.05, 4.69) is 22.2 Å². The predicted octanol–water partition coefficient (Wildman–Crippen LogP) is 3.24. The number of hydrogen-bond acceptors (Lipinski definition) is 4. The van der Waals surface area contributed by atoms with Gasteiger partial charge < -0.3 is 10.2 Å². The van der Waals surface area contributed by atoms with Gasteiger partial charge in [-0.15, -0.1) is 0 Å². The largest absolute Gasteiger partial charge is 0.350 e. The fourth-order valence-electron chi connectivity index (χ4n) is 4.10. The van der Waals surface area contributed by atoms with E-state index < -0.39 is 0 Å². The van der Waals surface area contributed by atoms with Gasteiger partial charge in [0.1, 0.15) is 0 Å². The molecule has 4 rings (SSSR count). The summed E-state index contributed by atoms with van der Waals surface area (Å²) in [4.78, 5) is 28.5. The van der Waals surface area contributed by atoms with E-state index in [0.717, 1.165) is 19.6 Å². The van der Waals surface area contributed by atoms with Crippen LogP contribution in [0.5, 0.6) is 0 Å². The minimum absolute atomic E-state index is 0.230. The number of rotatable bonds is 6. The molecule has 2 aromatic carbocycles. The third kappa shape index (κ3) is 4.44. The molecule has 0 bridgehead atoms. The number of benzene rings is 2. The van der Waals surface area contributed by atoms with E-state index in [4.69, 9.17) is 0 Å². The van der Waals surface area contributed by atoms with Gasteiger partial charge in [-0.25, -0.2) is 0 Å². The van der Waals surface area contributed by atoms with Gasteiger partial charge in [-0.2, -0.15) is 9.78 Å². The molecule has 3 aromatic rings. The normalized spacial score (nSPS) is 15.8. The van der Waals surface area contributed by atoms with Crippen molar-refractivity contribution in [2.24, 2.45) is 5.92 Å². The maximum atomic E-state index is 13.0. The average Bonchev–Trinajstić information content (AvgIpc) is 2.79. The zero-order valence-corrected chi connectivity index (χ0v) is 17.4. The fraction of sp³-hybridized carbons (Fsp3) is 0.375. The lowest BCUT2D eigenvalue weighted by Gasteiger charge is -2.29. The first-order chi connectivity index (χ1) is 14.6. The van der Waals surface area contributed by atoms with Crippen LogP contribution in [-0.2, 0) is 0 Å². The summed E-state index contributed by atoms with van der Waals surface area (Å²) < 4.78 is 1.31. The number of para-hydroxylation sites is 1. The summed E-state index contributed by atoms with van der Waals surface area (Å²) in [7, 11) is 0. The van der Waals surface area contributed by atoms with Crippen molar-refractivity contribution in [2.75, 3.05) is 26.2 Å². The van der Waals surface area contributed by atoms with Crippen molar-refractivity contribution < 1.29 is 4.79 Å². The molecule has 2 heterocycles. The minimum Gasteiger partial charge on any atom is -0.350 e. The Morgan fingerprint density at radius 1 is 1.00 bits per heavy atom. The van der Waals surface area contributed by atoms with Gasteiger partial charge in [0.2, 0.25) is 0 Å². The van der Waals surface area contributed by atoms with E-state index in [1.165, 1.54) is 23.9 Å². The van der Waals surface area contributed by atoms with Gasteiger partial charge in [0, 0.05) is 18.5 Å². The topological polar surface area (TPSA) is 67.2 Å². The molecule has 1 aromatic heterocycles. The molecule has 1 saturated heterocycles. The van der Waals surface area contributed by atoms with Gasteiger partial charge in [-0.1, -0.05) is 49.7 Å². The van der Waals surface area contributed by atoms with Crippen LogP contribution in [0.2, 0.25) is 0 Å². The second kappa shape index (κ2) is 9.22. The first-order valence-corrected chi connectivity index (χ1v) is 10.7. The maximum absolute atomic E-state index is 13.0. The average molecular weight is 405 g/mol. The summed E-state index contributed by atoms with van der Waals surface area (Å²) in [6.45, 7) is 6.01. The Kier molecular flexibility index (Phi) is 6.23. The van der Waals surface area contributed by atoms with Crippen LogP contribution in [0.3, 0.4) is 0 Å². The van der Waals surface area contributed by atoms with Crippen LogP contribution in [0.15, 0.2) is 59.4 Å². The molecule has 1 atom stereocenters. The molecule has 0 aliphatic carbocycles. The van der Waals surface area contributed by atoms with Gasteiger partial charge in [0.25, 0.3) is 11.5 Å². The Hall–Kier alpha value is -2.99. The molecule has 1 aliphatic rings. The zero-order chi connectivity index (χ0) is 20.9. The molecule has 6 heteroatoms. The van der Waals surface area contributed by atoms with Crippen LogP contribution in [-0.4, -0.2) is 46.8 Å². The van der Waals surface area contributed by atoms with E-state index in [0.29, 0.717) is 28.9 Å². The van der Waals surface area contributed by atoms with Gasteiger partial charge >= 0.3 is 0 Å². The third-order valence-electron chi connectivity index (χ3n) is 5.65. The third-order valence-corrected chi connectivity index (χ3v) is 5.65. The first kappa shape index (κ1) is 20.3. The Labute approximate surface area is 176 Å². The number of hydrogen-bond donors (Lipinski definition) is 1. The number of nitrogens with one attached hydrogen (secondary N) is 1. The van der Waals surface area contributed by atoms with Gasteiger partial charge in [0.05, 0.1) is 11.1 Å². The van der Waals surface area contributed by atoms with E-state index >= 15 is 0 Å². The molecule has 30 heavy (non-hydrogen) atoms. The van der Waals surface area contributed by atoms with Gasteiger partial charge in [-0.05, 0) is 50.0 Å². The van der Waals surface area contributed by atoms with E-state index in [-0.39, 0.29) is 17.2 Å². The van der Waals surface area contributed by atoms with E-state index in [1.807, 2.05) is 36.4 Å². The first-order valence-electron chi connectivity index (χ1n) is 10.7. The van der Waals surface area contributed by atoms with Crippen molar-refractivity contribution in [3.8, 4) is 5.69 Å². The molecule has 0 radical (unpaired) electrons. The molecule has 0 saturated carbocycles. The highest BCUT2D eigenvalue weighted by Gasteiger charge is 2.19. The molecule has 6 nitrogen and oxygen atoms in total. The zero-order valence-electron chi connectivity index (χ0n) is 17.4. The molecular weight excluding hydrogens is 376 g/mol. The van der Waals surface area contributed by atoms with Gasteiger partial charge in [0.15, 0.2) is 5.69 Å². The van der Waals surface area contributed by atoms with Gasteiger partial charge in [-0.3, -0.25) is 9.59 Å². The Bertz CT molecular complexity index is 1070. The highest BCUT2D eigenvalue weighted by Crippen LogP contribution is 2.16. The summed E-state index contributed by atoms with van der Waals surface area (Å²) >= 11 is 0. The van der Waals surface area contributed by atoms with E-state index in [1.54, 1.807) is 18.2 Å². The lowest BCUT2D eigenvalue weighted by Crippen LogP contribution is -2.38. The van der Waals surface area contributed by atoms with Crippen molar-refractivity contribution in [1.29, 1.82) is 0 Å². The van der Waals surface area contributed by atoms with Crippen LogP contribution in [0.25, 0.3) is 16.5 Å². The molecular formula is C24H28N4O2. The lowest BCUT2D eigenvalue weighted by molar-refractivity contribution is 0.0937. The molecule has 1 aliphatic heterocycles. The highest BCUT2D eigenvalue weighted by molar-refractivity contribution is 6.04. The number of aromatic nitrogens is 2. The van der Waals surface area contributed by atoms with Crippen LogP contribution in [0.4, 0.5) is 0 Å². The number of fused-ring (bicyclic) bond motifs is 1. The molecule has 1 N–H and O–H groups in total. The summed E-state index contributed by atoms with van der Waals surface area (Å²) in [5.74, 6) is 0.0970. The minimum atomic E-state index is -0.249. The van der Waals surface area contributed by atoms with Crippen molar-refractivity contribution in [1.82, 2.24) is 20.0 Å². The lowest BCUT2D eigenvalue weighted by atomic mass is 10.1. The second-order valence-corrected chi connectivity index (χ2v) is 8.12. The van der Waals surface area contributed by atoms with Crippen molar-refractivity contribution in [3.05, 3.63) is 70.6 Å². The predicted molar refractivity (Wildman–Crippen MR) is 119 cm³/mol.